The number of carbonyl (C=O) groups excluding carboxylic acids is 1. The van der Waals surface area contributed by atoms with Crippen molar-refractivity contribution in [3.63, 3.8) is 0 Å². The lowest BCUT2D eigenvalue weighted by atomic mass is 10.1. The Labute approximate surface area is 89.5 Å². The van der Waals surface area contributed by atoms with Gasteiger partial charge in [0, 0.05) is 11.3 Å². The summed E-state index contributed by atoms with van der Waals surface area (Å²) in [5.41, 5.74) is -0.164. The van der Waals surface area contributed by atoms with E-state index in [0.717, 1.165) is 12.1 Å². The van der Waals surface area contributed by atoms with Crippen LogP contribution in [0.25, 0.3) is 0 Å². The fraction of sp³-hybridized carbons (Fsp3) is 0.200. The summed E-state index contributed by atoms with van der Waals surface area (Å²) in [7, 11) is 0. The molecule has 0 saturated carbocycles. The van der Waals surface area contributed by atoms with Gasteiger partial charge in [0.05, 0.1) is 11.6 Å². The molecular weight excluding hydrogens is 221 g/mol. The first-order valence-electron chi connectivity index (χ1n) is 4.25. The number of benzene rings is 1. The third kappa shape index (κ3) is 2.51. The van der Waals surface area contributed by atoms with Crippen molar-refractivity contribution < 1.29 is 18.0 Å². The zero-order valence-electron chi connectivity index (χ0n) is 8.22. The number of hydrogen-bond acceptors (Lipinski definition) is 2. The normalized spacial score (nSPS) is 10.0. The molecule has 1 aromatic rings. The molecule has 0 aliphatic rings. The summed E-state index contributed by atoms with van der Waals surface area (Å²) in [6, 6.07) is 3.76. The van der Waals surface area contributed by atoms with Gasteiger partial charge in [0.15, 0.2) is 0 Å². The Morgan fingerprint density at radius 1 is 1.50 bits per heavy atom. The Balaban J connectivity index is 3.09. The number of nitrogens with one attached hydrogen (secondary N) is 1. The maximum Gasteiger partial charge on any atom is 0.315 e. The predicted octanol–water partition coefficient (Wildman–Crippen LogP) is 2.21. The van der Waals surface area contributed by atoms with E-state index < -0.39 is 18.1 Å². The van der Waals surface area contributed by atoms with Crippen LogP contribution in [0.3, 0.4) is 0 Å². The Bertz CT molecular complexity index is 466. The summed E-state index contributed by atoms with van der Waals surface area (Å²) in [6.45, 7) is 1.32. The highest BCUT2D eigenvalue weighted by atomic mass is 19.3. The average molecular weight is 228 g/mol. The average Bonchev–Trinajstić information content (AvgIpc) is 2.24. The maximum atomic E-state index is 13.2. The molecule has 84 valence electrons. The molecule has 1 amide bonds. The predicted molar refractivity (Wildman–Crippen MR) is 50.5 cm³/mol. The Kier molecular flexibility index (Phi) is 3.51. The third-order valence-electron chi connectivity index (χ3n) is 1.93. The second-order valence-corrected chi connectivity index (χ2v) is 3.03. The third-order valence-corrected chi connectivity index (χ3v) is 1.93. The zero-order chi connectivity index (χ0) is 12.3. The fourth-order valence-corrected chi connectivity index (χ4v) is 1.06. The van der Waals surface area contributed by atoms with Gasteiger partial charge in [-0.1, -0.05) is 0 Å². The molecule has 0 aliphatic carbocycles. The molecule has 0 spiro atoms. The molecule has 1 aromatic carbocycles. The van der Waals surface area contributed by atoms with Crippen molar-refractivity contribution in [3.05, 3.63) is 29.1 Å². The molecule has 0 aliphatic heterocycles. The van der Waals surface area contributed by atoms with Crippen molar-refractivity contribution in [1.29, 1.82) is 5.26 Å². The van der Waals surface area contributed by atoms with E-state index in [4.69, 9.17) is 5.26 Å². The Morgan fingerprint density at radius 2 is 2.12 bits per heavy atom. The fourth-order valence-electron chi connectivity index (χ4n) is 1.06. The standard InChI is InChI=1S/C10H7F3N2O/c1-5-7(11)2-6(4-14)3-8(5)15-10(16)9(12)13/h2-3,9H,1H3,(H,15,16). The summed E-state index contributed by atoms with van der Waals surface area (Å²) in [5, 5.41) is 10.4. The number of carbonyl (C=O) groups is 1. The van der Waals surface area contributed by atoms with Gasteiger partial charge in [0.25, 0.3) is 5.91 Å². The number of halogens is 3. The van der Waals surface area contributed by atoms with Crippen LogP contribution in [0, 0.1) is 24.1 Å². The minimum atomic E-state index is -3.19. The molecule has 0 radical (unpaired) electrons. The summed E-state index contributed by atoms with van der Waals surface area (Å²) in [4.78, 5) is 10.7. The van der Waals surface area contributed by atoms with E-state index in [0.29, 0.717) is 0 Å². The molecule has 6 heteroatoms. The van der Waals surface area contributed by atoms with Crippen LogP contribution in [0.15, 0.2) is 12.1 Å². The second-order valence-electron chi connectivity index (χ2n) is 3.03. The minimum absolute atomic E-state index is 0.00741. The van der Waals surface area contributed by atoms with Crippen molar-refractivity contribution >= 4 is 11.6 Å². The van der Waals surface area contributed by atoms with Crippen molar-refractivity contribution in [2.75, 3.05) is 5.32 Å². The maximum absolute atomic E-state index is 13.2. The lowest BCUT2D eigenvalue weighted by Crippen LogP contribution is -2.21. The first kappa shape index (κ1) is 12.0. The quantitative estimate of drug-likeness (QED) is 0.843. The van der Waals surface area contributed by atoms with Crippen LogP contribution in [0.5, 0.6) is 0 Å². The van der Waals surface area contributed by atoms with Gasteiger partial charge in [0.2, 0.25) is 0 Å². The number of alkyl halides is 2. The van der Waals surface area contributed by atoms with Gasteiger partial charge < -0.3 is 5.32 Å². The Morgan fingerprint density at radius 3 is 2.62 bits per heavy atom. The van der Waals surface area contributed by atoms with E-state index >= 15 is 0 Å². The monoisotopic (exact) mass is 228 g/mol. The van der Waals surface area contributed by atoms with E-state index in [1.807, 2.05) is 5.32 Å². The first-order valence-corrected chi connectivity index (χ1v) is 4.25. The molecule has 1 N–H and O–H groups in total. The number of rotatable bonds is 2. The Hall–Kier alpha value is -2.03. The van der Waals surface area contributed by atoms with Crippen molar-refractivity contribution in [1.82, 2.24) is 0 Å². The van der Waals surface area contributed by atoms with Gasteiger partial charge in [0.1, 0.15) is 5.82 Å². The van der Waals surface area contributed by atoms with Crippen LogP contribution in [-0.2, 0) is 4.79 Å². The summed E-state index contributed by atoms with van der Waals surface area (Å²) >= 11 is 0. The van der Waals surface area contributed by atoms with Crippen LogP contribution < -0.4 is 5.32 Å². The largest absolute Gasteiger partial charge is 0.321 e. The lowest BCUT2D eigenvalue weighted by Gasteiger charge is -2.08. The van der Waals surface area contributed by atoms with Gasteiger partial charge in [-0.3, -0.25) is 4.79 Å². The van der Waals surface area contributed by atoms with Gasteiger partial charge >= 0.3 is 6.43 Å². The van der Waals surface area contributed by atoms with Gasteiger partial charge in [-0.2, -0.15) is 14.0 Å². The van der Waals surface area contributed by atoms with Crippen LogP contribution in [0.2, 0.25) is 0 Å². The molecular formula is C10H7F3N2O. The number of nitrogens with zero attached hydrogens (tertiary/aromatic N) is 1. The van der Waals surface area contributed by atoms with E-state index in [1.165, 1.54) is 6.92 Å². The van der Waals surface area contributed by atoms with Gasteiger partial charge in [-0.15, -0.1) is 0 Å². The highest BCUT2D eigenvalue weighted by Gasteiger charge is 2.17. The van der Waals surface area contributed by atoms with Crippen LogP contribution >= 0.6 is 0 Å². The van der Waals surface area contributed by atoms with Crippen molar-refractivity contribution in [2.24, 2.45) is 0 Å². The van der Waals surface area contributed by atoms with E-state index in [9.17, 15) is 18.0 Å². The summed E-state index contributed by atoms with van der Waals surface area (Å²) in [6.07, 6.45) is -3.19. The van der Waals surface area contributed by atoms with Crippen LogP contribution in [0.4, 0.5) is 18.9 Å². The molecule has 0 unspecified atom stereocenters. The number of hydrogen-bond donors (Lipinski definition) is 1. The van der Waals surface area contributed by atoms with Crippen LogP contribution in [-0.4, -0.2) is 12.3 Å². The molecule has 1 rings (SSSR count). The smallest absolute Gasteiger partial charge is 0.315 e. The van der Waals surface area contributed by atoms with Gasteiger partial charge in [-0.05, 0) is 19.1 Å². The minimum Gasteiger partial charge on any atom is -0.321 e. The molecule has 0 bridgehead atoms. The molecule has 16 heavy (non-hydrogen) atoms. The topological polar surface area (TPSA) is 52.9 Å². The SMILES string of the molecule is Cc1c(F)cc(C#N)cc1NC(=O)C(F)F. The number of nitriles is 1. The zero-order valence-corrected chi connectivity index (χ0v) is 8.22. The second kappa shape index (κ2) is 4.66. The van der Waals surface area contributed by atoms with E-state index in [-0.39, 0.29) is 16.8 Å². The summed E-state index contributed by atoms with van der Waals surface area (Å²) < 4.78 is 37.1. The van der Waals surface area contributed by atoms with Crippen molar-refractivity contribution in [3.8, 4) is 6.07 Å². The van der Waals surface area contributed by atoms with Crippen LogP contribution in [0.1, 0.15) is 11.1 Å². The summed E-state index contributed by atoms with van der Waals surface area (Å²) in [5.74, 6) is -2.26. The number of anilines is 1. The molecule has 0 aromatic heterocycles. The first-order chi connectivity index (χ1) is 7.45. The van der Waals surface area contributed by atoms with E-state index in [2.05, 4.69) is 0 Å². The molecule has 0 heterocycles. The molecule has 3 nitrogen and oxygen atoms in total. The molecule has 0 fully saturated rings. The van der Waals surface area contributed by atoms with Gasteiger partial charge in [-0.25, -0.2) is 4.39 Å². The van der Waals surface area contributed by atoms with Crippen molar-refractivity contribution in [2.45, 2.75) is 13.3 Å². The number of amides is 1. The van der Waals surface area contributed by atoms with E-state index in [1.54, 1.807) is 6.07 Å². The highest BCUT2D eigenvalue weighted by Crippen LogP contribution is 2.20. The molecule has 0 atom stereocenters. The highest BCUT2D eigenvalue weighted by molar-refractivity contribution is 5.93. The lowest BCUT2D eigenvalue weighted by molar-refractivity contribution is -0.126. The molecule has 0 saturated heterocycles.